The largest absolute Gasteiger partial charge is 0.416 e. The average Bonchev–Trinajstić information content (AvgIpc) is 2.64. The Bertz CT molecular complexity index is 528. The van der Waals surface area contributed by atoms with Crippen molar-refractivity contribution >= 4 is 11.5 Å². The third-order valence-corrected chi connectivity index (χ3v) is 2.75. The fraction of sp³-hybridized carbons (Fsp3) is 0.385. The van der Waals surface area contributed by atoms with Crippen molar-refractivity contribution in [1.29, 1.82) is 0 Å². The quantitative estimate of drug-likeness (QED) is 0.866. The Morgan fingerprint density at radius 2 is 2.05 bits per heavy atom. The number of amidine groups is 1. The van der Waals surface area contributed by atoms with Gasteiger partial charge in [0.2, 0.25) is 0 Å². The van der Waals surface area contributed by atoms with Gasteiger partial charge in [0.1, 0.15) is 0 Å². The first-order valence-electron chi connectivity index (χ1n) is 6.04. The fourth-order valence-corrected chi connectivity index (χ4v) is 1.75. The van der Waals surface area contributed by atoms with Crippen molar-refractivity contribution < 1.29 is 23.1 Å². The number of hydrogen-bond donors (Lipinski definition) is 1. The summed E-state index contributed by atoms with van der Waals surface area (Å²) in [4.78, 5) is 9.15. The molecular weight excluding hydrogens is 273 g/mol. The molecule has 0 atom stereocenters. The van der Waals surface area contributed by atoms with E-state index >= 15 is 0 Å². The molecule has 1 N–H and O–H groups in total. The van der Waals surface area contributed by atoms with Crippen LogP contribution in [0.15, 0.2) is 45.6 Å². The molecule has 0 aromatic heterocycles. The van der Waals surface area contributed by atoms with Gasteiger partial charge in [-0.25, -0.2) is 4.99 Å². The van der Waals surface area contributed by atoms with E-state index in [1.807, 2.05) is 0 Å². The van der Waals surface area contributed by atoms with Crippen LogP contribution in [0.1, 0.15) is 12.8 Å². The molecule has 1 aliphatic heterocycles. The third kappa shape index (κ3) is 3.57. The molecule has 2 rings (SSSR count). The highest BCUT2D eigenvalue weighted by atomic mass is 19.4. The van der Waals surface area contributed by atoms with Crippen molar-refractivity contribution in [3.63, 3.8) is 0 Å². The van der Waals surface area contributed by atoms with Gasteiger partial charge in [0.25, 0.3) is 0 Å². The molecule has 0 amide bonds. The number of nitrogens with zero attached hydrogens (tertiary/aromatic N) is 2. The molecule has 0 saturated carbocycles. The lowest BCUT2D eigenvalue weighted by atomic mass is 10.2. The summed E-state index contributed by atoms with van der Waals surface area (Å²) in [6.45, 7) is 0.122. The van der Waals surface area contributed by atoms with E-state index in [9.17, 15) is 13.2 Å². The normalized spacial score (nSPS) is 19.4. The lowest BCUT2D eigenvalue weighted by molar-refractivity contribution is -0.0883. The van der Waals surface area contributed by atoms with Crippen LogP contribution in [-0.4, -0.2) is 36.0 Å². The molecule has 0 spiro atoms. The van der Waals surface area contributed by atoms with Gasteiger partial charge in [-0.05, 0) is 12.5 Å². The highest BCUT2D eigenvalue weighted by Gasteiger charge is 2.31. The maximum Gasteiger partial charge on any atom is 0.416 e. The molecule has 0 radical (unpaired) electrons. The molecule has 4 nitrogen and oxygen atoms in total. The molecule has 0 bridgehead atoms. The van der Waals surface area contributed by atoms with E-state index in [4.69, 9.17) is 9.94 Å². The Balaban J connectivity index is 2.16. The van der Waals surface area contributed by atoms with Crippen LogP contribution in [0.4, 0.5) is 13.2 Å². The summed E-state index contributed by atoms with van der Waals surface area (Å²) in [6.07, 6.45) is 1.14. The van der Waals surface area contributed by atoms with Crippen LogP contribution in [0, 0.1) is 0 Å². The summed E-state index contributed by atoms with van der Waals surface area (Å²) in [7, 11) is 0. The third-order valence-electron chi connectivity index (χ3n) is 2.75. The van der Waals surface area contributed by atoms with E-state index in [0.717, 1.165) is 12.2 Å². The minimum Gasteiger partial charge on any atom is -0.396 e. The zero-order valence-corrected chi connectivity index (χ0v) is 10.5. The number of aliphatic hydroxyl groups excluding tert-OH is 1. The number of rotatable bonds is 3. The SMILES string of the molecule is OCCC1=NC(C2=CCC=C(C(F)(F)F)C=C2)=NOC1. The summed E-state index contributed by atoms with van der Waals surface area (Å²) >= 11 is 0. The zero-order valence-electron chi connectivity index (χ0n) is 10.5. The Hall–Kier alpha value is -1.89. The summed E-state index contributed by atoms with van der Waals surface area (Å²) in [5.41, 5.74) is 0.385. The van der Waals surface area contributed by atoms with Gasteiger partial charge in [0, 0.05) is 18.6 Å². The smallest absolute Gasteiger partial charge is 0.396 e. The maximum absolute atomic E-state index is 12.6. The van der Waals surface area contributed by atoms with Crippen LogP contribution >= 0.6 is 0 Å². The molecule has 20 heavy (non-hydrogen) atoms. The van der Waals surface area contributed by atoms with E-state index in [0.29, 0.717) is 17.7 Å². The van der Waals surface area contributed by atoms with Gasteiger partial charge in [-0.3, -0.25) is 0 Å². The van der Waals surface area contributed by atoms with Crippen LogP contribution in [0.25, 0.3) is 0 Å². The Kier molecular flexibility index (Phi) is 4.39. The molecule has 7 heteroatoms. The van der Waals surface area contributed by atoms with Crippen LogP contribution in [0.5, 0.6) is 0 Å². The summed E-state index contributed by atoms with van der Waals surface area (Å²) in [5.74, 6) is 0.229. The van der Waals surface area contributed by atoms with Gasteiger partial charge in [-0.2, -0.15) is 13.2 Å². The standard InChI is InChI=1S/C13H13F3N2O2/c14-13(15,16)10-3-1-2-9(4-5-10)12-17-11(6-7-19)8-20-18-12/h2-5,19H,1,6-8H2. The van der Waals surface area contributed by atoms with Gasteiger partial charge in [-0.1, -0.05) is 23.4 Å². The average molecular weight is 286 g/mol. The van der Waals surface area contributed by atoms with Gasteiger partial charge < -0.3 is 9.94 Å². The van der Waals surface area contributed by atoms with E-state index in [1.165, 1.54) is 6.08 Å². The Morgan fingerprint density at radius 3 is 2.75 bits per heavy atom. The Labute approximate surface area is 113 Å². The number of aliphatic hydroxyl groups is 1. The number of aliphatic imine (C=N–C) groups is 1. The van der Waals surface area contributed by atoms with Crippen molar-refractivity contribution in [3.05, 3.63) is 35.5 Å². The summed E-state index contributed by atoms with van der Waals surface area (Å²) in [6, 6.07) is 0. The van der Waals surface area contributed by atoms with Crippen molar-refractivity contribution in [2.75, 3.05) is 13.2 Å². The maximum atomic E-state index is 12.6. The first-order chi connectivity index (χ1) is 9.50. The van der Waals surface area contributed by atoms with E-state index in [1.54, 1.807) is 6.08 Å². The first-order valence-corrected chi connectivity index (χ1v) is 6.04. The molecule has 0 aromatic carbocycles. The van der Waals surface area contributed by atoms with Crippen LogP contribution in [-0.2, 0) is 4.84 Å². The molecule has 1 aliphatic carbocycles. The predicted molar refractivity (Wildman–Crippen MR) is 68.5 cm³/mol. The van der Waals surface area contributed by atoms with Gasteiger partial charge >= 0.3 is 6.18 Å². The van der Waals surface area contributed by atoms with Gasteiger partial charge in [0.05, 0.1) is 11.3 Å². The zero-order chi connectivity index (χ0) is 14.6. The monoisotopic (exact) mass is 286 g/mol. The number of oxime groups is 1. The van der Waals surface area contributed by atoms with E-state index < -0.39 is 11.7 Å². The summed E-state index contributed by atoms with van der Waals surface area (Å²) < 4.78 is 37.8. The summed E-state index contributed by atoms with van der Waals surface area (Å²) in [5, 5.41) is 12.6. The first kappa shape index (κ1) is 14.5. The second-order valence-corrected chi connectivity index (χ2v) is 4.23. The van der Waals surface area contributed by atoms with Gasteiger partial charge in [0.15, 0.2) is 12.4 Å². The highest BCUT2D eigenvalue weighted by molar-refractivity contribution is 6.09. The molecular formula is C13H13F3N2O2. The van der Waals surface area contributed by atoms with Crippen molar-refractivity contribution in [3.8, 4) is 0 Å². The molecule has 1 heterocycles. The lowest BCUT2D eigenvalue weighted by Gasteiger charge is -2.11. The van der Waals surface area contributed by atoms with Crippen molar-refractivity contribution in [2.45, 2.75) is 19.0 Å². The Morgan fingerprint density at radius 1 is 1.25 bits per heavy atom. The second kappa shape index (κ2) is 6.04. The van der Waals surface area contributed by atoms with Crippen LogP contribution in [0.2, 0.25) is 0 Å². The number of hydrogen-bond acceptors (Lipinski definition) is 4. The topological polar surface area (TPSA) is 54.2 Å². The molecule has 0 aromatic rings. The molecule has 2 aliphatic rings. The molecule has 0 unspecified atom stereocenters. The van der Waals surface area contributed by atoms with E-state index in [-0.39, 0.29) is 25.5 Å². The molecule has 0 fully saturated rings. The number of halogens is 3. The van der Waals surface area contributed by atoms with Crippen molar-refractivity contribution in [2.24, 2.45) is 10.1 Å². The minimum absolute atomic E-state index is 0.0653. The van der Waals surface area contributed by atoms with Crippen LogP contribution < -0.4 is 0 Å². The van der Waals surface area contributed by atoms with Crippen LogP contribution in [0.3, 0.4) is 0 Å². The highest BCUT2D eigenvalue weighted by Crippen LogP contribution is 2.29. The lowest BCUT2D eigenvalue weighted by Crippen LogP contribution is -2.17. The predicted octanol–water partition coefficient (Wildman–Crippen LogP) is 2.53. The number of allylic oxidation sites excluding steroid dienone is 4. The molecule has 108 valence electrons. The van der Waals surface area contributed by atoms with E-state index in [2.05, 4.69) is 10.1 Å². The second-order valence-electron chi connectivity index (χ2n) is 4.23. The fourth-order valence-electron chi connectivity index (χ4n) is 1.75. The molecule has 0 saturated heterocycles. The minimum atomic E-state index is -4.37. The van der Waals surface area contributed by atoms with Crippen molar-refractivity contribution in [1.82, 2.24) is 0 Å². The van der Waals surface area contributed by atoms with Gasteiger partial charge in [-0.15, -0.1) is 0 Å². The number of alkyl halides is 3.